The maximum absolute atomic E-state index is 12.5. The number of hydrogen-bond acceptors (Lipinski definition) is 3. The molecule has 0 aromatic carbocycles. The summed E-state index contributed by atoms with van der Waals surface area (Å²) in [6.07, 6.45) is 3.62. The molecule has 0 saturated carbocycles. The molecule has 3 atom stereocenters. The largest absolute Gasteiger partial charge is 0.380 e. The number of piperazine rings is 1. The first kappa shape index (κ1) is 18.0. The van der Waals surface area contributed by atoms with Gasteiger partial charge in [-0.05, 0) is 18.8 Å². The van der Waals surface area contributed by atoms with Gasteiger partial charge in [-0.15, -0.1) is 0 Å². The minimum absolute atomic E-state index is 0.0237. The lowest BCUT2D eigenvalue weighted by Gasteiger charge is -2.41. The van der Waals surface area contributed by atoms with Crippen molar-refractivity contribution < 1.29 is 14.3 Å². The highest BCUT2D eigenvalue weighted by Gasteiger charge is 2.41. The van der Waals surface area contributed by atoms with E-state index in [1.165, 1.54) is 0 Å². The Bertz CT molecular complexity index is 346. The summed E-state index contributed by atoms with van der Waals surface area (Å²) >= 11 is 0. The van der Waals surface area contributed by atoms with E-state index in [1.54, 1.807) is 4.90 Å². The molecule has 0 aromatic heterocycles. The van der Waals surface area contributed by atoms with Gasteiger partial charge in [-0.1, -0.05) is 40.5 Å². The Balaban J connectivity index is 2.69. The third kappa shape index (κ3) is 4.70. The van der Waals surface area contributed by atoms with Crippen molar-refractivity contribution in [1.82, 2.24) is 10.2 Å². The Kier molecular flexibility index (Phi) is 7.72. The average molecular weight is 298 g/mol. The fourth-order valence-electron chi connectivity index (χ4n) is 2.62. The van der Waals surface area contributed by atoms with Gasteiger partial charge in [0.25, 0.3) is 0 Å². The molecule has 0 spiro atoms. The fraction of sp³-hybridized carbons (Fsp3) is 0.875. The van der Waals surface area contributed by atoms with Crippen LogP contribution in [0.3, 0.4) is 0 Å². The predicted octanol–water partition coefficient (Wildman–Crippen LogP) is 1.95. The highest BCUT2D eigenvalue weighted by Crippen LogP contribution is 2.20. The van der Waals surface area contributed by atoms with Crippen LogP contribution in [0.2, 0.25) is 0 Å². The Hall–Kier alpha value is -1.10. The highest BCUT2D eigenvalue weighted by atomic mass is 16.5. The maximum Gasteiger partial charge on any atom is 0.245 e. The Morgan fingerprint density at radius 3 is 2.52 bits per heavy atom. The highest BCUT2D eigenvalue weighted by molar-refractivity contribution is 5.97. The molecule has 21 heavy (non-hydrogen) atoms. The van der Waals surface area contributed by atoms with Gasteiger partial charge in [0.1, 0.15) is 12.1 Å². The molecule has 122 valence electrons. The molecular weight excluding hydrogens is 268 g/mol. The summed E-state index contributed by atoms with van der Waals surface area (Å²) in [7, 11) is 0. The van der Waals surface area contributed by atoms with E-state index in [0.29, 0.717) is 19.6 Å². The van der Waals surface area contributed by atoms with Gasteiger partial charge in [0, 0.05) is 13.2 Å². The third-order valence-corrected chi connectivity index (χ3v) is 4.21. The summed E-state index contributed by atoms with van der Waals surface area (Å²) in [5.41, 5.74) is 0. The van der Waals surface area contributed by atoms with Crippen molar-refractivity contribution in [2.45, 2.75) is 65.5 Å². The minimum atomic E-state index is -0.381. The molecule has 0 aromatic rings. The average Bonchev–Trinajstić information content (AvgIpc) is 2.49. The lowest BCUT2D eigenvalue weighted by atomic mass is 9.93. The van der Waals surface area contributed by atoms with Gasteiger partial charge in [0.15, 0.2) is 0 Å². The fourth-order valence-corrected chi connectivity index (χ4v) is 2.62. The van der Waals surface area contributed by atoms with Crippen LogP contribution >= 0.6 is 0 Å². The summed E-state index contributed by atoms with van der Waals surface area (Å²) < 4.78 is 5.57. The summed E-state index contributed by atoms with van der Waals surface area (Å²) in [5.74, 6) is 0.160. The van der Waals surface area contributed by atoms with E-state index in [0.717, 1.165) is 25.9 Å². The summed E-state index contributed by atoms with van der Waals surface area (Å²) in [6, 6.07) is -0.742. The van der Waals surface area contributed by atoms with Crippen LogP contribution in [0.1, 0.15) is 53.4 Å². The first-order chi connectivity index (χ1) is 10.1. The number of nitrogens with zero attached hydrogens (tertiary/aromatic N) is 1. The Morgan fingerprint density at radius 2 is 1.95 bits per heavy atom. The number of nitrogens with one attached hydrogen (secondary N) is 1. The van der Waals surface area contributed by atoms with Crippen LogP contribution in [0.25, 0.3) is 0 Å². The van der Waals surface area contributed by atoms with Crippen molar-refractivity contribution in [2.75, 3.05) is 19.8 Å². The molecule has 1 N–H and O–H groups in total. The normalized spacial score (nSPS) is 24.1. The molecule has 5 nitrogen and oxygen atoms in total. The van der Waals surface area contributed by atoms with Gasteiger partial charge in [0.2, 0.25) is 11.8 Å². The second kappa shape index (κ2) is 9.03. The second-order valence-corrected chi connectivity index (χ2v) is 5.80. The van der Waals surface area contributed by atoms with Crippen LogP contribution in [0, 0.1) is 5.92 Å². The smallest absolute Gasteiger partial charge is 0.245 e. The van der Waals surface area contributed by atoms with Crippen molar-refractivity contribution in [1.29, 1.82) is 0 Å². The minimum Gasteiger partial charge on any atom is -0.380 e. The zero-order chi connectivity index (χ0) is 15.8. The molecule has 0 bridgehead atoms. The summed E-state index contributed by atoms with van der Waals surface area (Å²) in [4.78, 5) is 26.5. The van der Waals surface area contributed by atoms with Crippen molar-refractivity contribution in [3.8, 4) is 0 Å². The molecule has 1 rings (SSSR count). The predicted molar refractivity (Wildman–Crippen MR) is 82.9 cm³/mol. The van der Waals surface area contributed by atoms with Crippen LogP contribution in [0.4, 0.5) is 0 Å². The second-order valence-electron chi connectivity index (χ2n) is 5.80. The molecule has 1 fully saturated rings. The first-order valence-corrected chi connectivity index (χ1v) is 8.25. The van der Waals surface area contributed by atoms with E-state index in [2.05, 4.69) is 12.2 Å². The molecule has 0 radical (unpaired) electrons. The maximum atomic E-state index is 12.5. The van der Waals surface area contributed by atoms with Crippen LogP contribution in [0.5, 0.6) is 0 Å². The molecule has 0 aliphatic carbocycles. The number of unbranched alkanes of at least 4 members (excludes halogenated alkanes) is 1. The Labute approximate surface area is 128 Å². The zero-order valence-electron chi connectivity index (χ0n) is 13.9. The first-order valence-electron chi connectivity index (χ1n) is 8.25. The van der Waals surface area contributed by atoms with E-state index < -0.39 is 0 Å². The Morgan fingerprint density at radius 1 is 1.24 bits per heavy atom. The lowest BCUT2D eigenvalue weighted by Crippen LogP contribution is -2.65. The van der Waals surface area contributed by atoms with Gasteiger partial charge in [-0.2, -0.15) is 0 Å². The SMILES string of the molecule is CCCCOCCN1C(=O)C(CC)NC(=O)C1C(C)CC. The molecular formula is C16H30N2O3. The van der Waals surface area contributed by atoms with Crippen molar-refractivity contribution in [3.05, 3.63) is 0 Å². The van der Waals surface area contributed by atoms with Crippen LogP contribution < -0.4 is 5.32 Å². The number of ether oxygens (including phenoxy) is 1. The number of amides is 2. The van der Waals surface area contributed by atoms with E-state index in [4.69, 9.17) is 4.74 Å². The van der Waals surface area contributed by atoms with Gasteiger partial charge in [-0.25, -0.2) is 0 Å². The molecule has 5 heteroatoms. The number of carbonyl (C=O) groups is 2. The van der Waals surface area contributed by atoms with Gasteiger partial charge < -0.3 is 15.0 Å². The molecule has 1 aliphatic heterocycles. The van der Waals surface area contributed by atoms with E-state index in [9.17, 15) is 9.59 Å². The third-order valence-electron chi connectivity index (χ3n) is 4.21. The van der Waals surface area contributed by atoms with E-state index in [-0.39, 0.29) is 29.8 Å². The van der Waals surface area contributed by atoms with Crippen LogP contribution in [-0.2, 0) is 14.3 Å². The van der Waals surface area contributed by atoms with Crippen molar-refractivity contribution in [3.63, 3.8) is 0 Å². The molecule has 3 unspecified atom stereocenters. The van der Waals surface area contributed by atoms with Gasteiger partial charge in [-0.3, -0.25) is 9.59 Å². The molecule has 1 aliphatic rings. The van der Waals surface area contributed by atoms with E-state index in [1.807, 2.05) is 20.8 Å². The lowest BCUT2D eigenvalue weighted by molar-refractivity contribution is -0.152. The molecule has 1 saturated heterocycles. The zero-order valence-corrected chi connectivity index (χ0v) is 13.9. The number of hydrogen-bond donors (Lipinski definition) is 1. The monoisotopic (exact) mass is 298 g/mol. The summed E-state index contributed by atoms with van der Waals surface area (Å²) in [6.45, 7) is 9.83. The van der Waals surface area contributed by atoms with Crippen molar-refractivity contribution in [2.24, 2.45) is 5.92 Å². The van der Waals surface area contributed by atoms with Gasteiger partial charge >= 0.3 is 0 Å². The van der Waals surface area contributed by atoms with Crippen molar-refractivity contribution >= 4 is 11.8 Å². The molecule has 2 amide bonds. The van der Waals surface area contributed by atoms with Crippen LogP contribution in [-0.4, -0.2) is 48.6 Å². The number of rotatable bonds is 9. The standard InChI is InChI=1S/C16H30N2O3/c1-5-8-10-21-11-9-18-14(12(4)6-2)15(19)17-13(7-3)16(18)20/h12-14H,5-11H2,1-4H3,(H,17,19). The quantitative estimate of drug-likeness (QED) is 0.662. The topological polar surface area (TPSA) is 58.6 Å². The summed E-state index contributed by atoms with van der Waals surface area (Å²) in [5, 5.41) is 2.85. The van der Waals surface area contributed by atoms with E-state index >= 15 is 0 Å². The number of carbonyl (C=O) groups excluding carboxylic acids is 2. The van der Waals surface area contributed by atoms with Gasteiger partial charge in [0.05, 0.1) is 6.61 Å². The molecule has 1 heterocycles. The van der Waals surface area contributed by atoms with Crippen LogP contribution in [0.15, 0.2) is 0 Å².